The van der Waals surface area contributed by atoms with Gasteiger partial charge in [0.2, 0.25) is 0 Å². The average molecular weight is 447 g/mol. The molecule has 2 fully saturated rings. The van der Waals surface area contributed by atoms with Crippen molar-refractivity contribution in [3.8, 4) is 5.75 Å². The summed E-state index contributed by atoms with van der Waals surface area (Å²) in [6.07, 6.45) is -0.297. The number of aromatic nitrogens is 1. The summed E-state index contributed by atoms with van der Waals surface area (Å²) in [5.74, 6) is -2.03. The maximum Gasteiger partial charge on any atom is 0.401 e. The third-order valence-corrected chi connectivity index (χ3v) is 5.86. The fourth-order valence-electron chi connectivity index (χ4n) is 4.52. The van der Waals surface area contributed by atoms with Crippen LogP contribution in [0.1, 0.15) is 36.0 Å². The zero-order chi connectivity index (χ0) is 22.4. The molecule has 2 aliphatic carbocycles. The molecule has 0 radical (unpaired) electrons. The van der Waals surface area contributed by atoms with Crippen molar-refractivity contribution >= 4 is 16.8 Å². The summed E-state index contributed by atoms with van der Waals surface area (Å²) in [5.41, 5.74) is 0.365. The van der Waals surface area contributed by atoms with Crippen LogP contribution < -0.4 is 15.4 Å². The van der Waals surface area contributed by atoms with Crippen molar-refractivity contribution in [2.24, 2.45) is 5.41 Å². The lowest BCUT2D eigenvalue weighted by Crippen LogP contribution is -2.61. The number of rotatable bonds is 6. The number of hydrogen-bond acceptors (Lipinski definition) is 4. The summed E-state index contributed by atoms with van der Waals surface area (Å²) in [4.78, 5) is 16.5. The summed E-state index contributed by atoms with van der Waals surface area (Å²) >= 11 is 0. The van der Waals surface area contributed by atoms with Crippen molar-refractivity contribution in [2.45, 2.75) is 50.6 Å². The topological polar surface area (TPSA) is 63.2 Å². The highest BCUT2D eigenvalue weighted by Gasteiger charge is 2.53. The number of halogens is 6. The lowest BCUT2D eigenvalue weighted by Gasteiger charge is -2.58. The minimum Gasteiger partial charge on any atom is -0.432 e. The number of fused-ring (bicyclic) bond motifs is 1. The molecule has 2 aromatic rings. The Labute approximate surface area is 173 Å². The molecular formula is C20H19F6N3O2. The average Bonchev–Trinajstić information content (AvgIpc) is 2.60. The van der Waals surface area contributed by atoms with Gasteiger partial charge in [-0.3, -0.25) is 9.78 Å². The molecule has 0 aliphatic heterocycles. The standard InChI is InChI=1S/C20H19F6N3O2/c21-14-2-10-1-11(8-27-15(10)3-16(14)31-18(22)23)17(30)29-13-6-19(7-13)4-12(5-19)28-9-20(24,25)26/h1-3,8,12-13,18,28H,4-7,9H2,(H,29,30). The molecule has 2 aliphatic rings. The molecule has 0 bridgehead atoms. The fraction of sp³-hybridized carbons (Fsp3) is 0.500. The molecule has 1 spiro atoms. The Kier molecular flexibility index (Phi) is 5.48. The Hall–Kier alpha value is -2.56. The van der Waals surface area contributed by atoms with Gasteiger partial charge < -0.3 is 15.4 Å². The highest BCUT2D eigenvalue weighted by Crippen LogP contribution is 2.56. The molecule has 2 saturated carbocycles. The number of nitrogens with zero attached hydrogens (tertiary/aromatic N) is 1. The van der Waals surface area contributed by atoms with E-state index in [4.69, 9.17) is 0 Å². The van der Waals surface area contributed by atoms with Gasteiger partial charge in [0.25, 0.3) is 5.91 Å². The van der Waals surface area contributed by atoms with Gasteiger partial charge in [0.15, 0.2) is 11.6 Å². The van der Waals surface area contributed by atoms with Crippen LogP contribution in [0.15, 0.2) is 24.4 Å². The van der Waals surface area contributed by atoms with E-state index in [0.29, 0.717) is 25.7 Å². The first-order valence-electron chi connectivity index (χ1n) is 9.67. The first-order valence-corrected chi connectivity index (χ1v) is 9.67. The van der Waals surface area contributed by atoms with Gasteiger partial charge in [-0.15, -0.1) is 0 Å². The number of hydrogen-bond donors (Lipinski definition) is 2. The van der Waals surface area contributed by atoms with Crippen molar-refractivity contribution in [1.82, 2.24) is 15.6 Å². The normalized spacial score (nSPS) is 25.4. The molecule has 4 rings (SSSR count). The van der Waals surface area contributed by atoms with E-state index in [-0.39, 0.29) is 34.0 Å². The van der Waals surface area contributed by atoms with Crippen molar-refractivity contribution in [3.63, 3.8) is 0 Å². The summed E-state index contributed by atoms with van der Waals surface area (Å²) < 4.78 is 79.4. The Morgan fingerprint density at radius 1 is 1.16 bits per heavy atom. The van der Waals surface area contributed by atoms with Crippen LogP contribution in [-0.4, -0.2) is 42.3 Å². The minimum absolute atomic E-state index is 0.0208. The maximum atomic E-state index is 13.9. The third kappa shape index (κ3) is 4.86. The second-order valence-corrected chi connectivity index (χ2v) is 8.26. The van der Waals surface area contributed by atoms with E-state index < -0.39 is 36.8 Å². The zero-order valence-electron chi connectivity index (χ0n) is 16.1. The van der Waals surface area contributed by atoms with Gasteiger partial charge in [-0.1, -0.05) is 0 Å². The van der Waals surface area contributed by atoms with Gasteiger partial charge in [-0.05, 0) is 43.2 Å². The number of alkyl halides is 5. The van der Waals surface area contributed by atoms with Crippen LogP contribution in [-0.2, 0) is 0 Å². The molecule has 168 valence electrons. The molecule has 1 heterocycles. The Balaban J connectivity index is 1.31. The van der Waals surface area contributed by atoms with Crippen LogP contribution in [0.25, 0.3) is 10.9 Å². The molecular weight excluding hydrogens is 428 g/mol. The number of benzene rings is 1. The third-order valence-electron chi connectivity index (χ3n) is 5.86. The number of carbonyl (C=O) groups excluding carboxylic acids is 1. The lowest BCUT2D eigenvalue weighted by molar-refractivity contribution is -0.132. The largest absolute Gasteiger partial charge is 0.432 e. The molecule has 0 unspecified atom stereocenters. The van der Waals surface area contributed by atoms with E-state index in [0.717, 1.165) is 12.1 Å². The van der Waals surface area contributed by atoms with Crippen LogP contribution in [0.2, 0.25) is 0 Å². The molecule has 1 amide bonds. The van der Waals surface area contributed by atoms with Crippen LogP contribution >= 0.6 is 0 Å². The van der Waals surface area contributed by atoms with E-state index >= 15 is 0 Å². The Bertz CT molecular complexity index is 983. The van der Waals surface area contributed by atoms with E-state index in [1.165, 1.54) is 12.3 Å². The van der Waals surface area contributed by atoms with Gasteiger partial charge in [0, 0.05) is 29.7 Å². The van der Waals surface area contributed by atoms with E-state index in [1.807, 2.05) is 0 Å². The molecule has 2 N–H and O–H groups in total. The number of ether oxygens (including phenoxy) is 1. The molecule has 0 saturated heterocycles. The highest BCUT2D eigenvalue weighted by molar-refractivity contribution is 5.97. The van der Waals surface area contributed by atoms with Crippen molar-refractivity contribution < 1.29 is 35.9 Å². The first-order chi connectivity index (χ1) is 14.5. The Morgan fingerprint density at radius 3 is 2.48 bits per heavy atom. The number of amides is 1. The van der Waals surface area contributed by atoms with Gasteiger partial charge in [0.05, 0.1) is 17.6 Å². The van der Waals surface area contributed by atoms with E-state index in [1.54, 1.807) is 0 Å². The summed E-state index contributed by atoms with van der Waals surface area (Å²) in [5, 5.41) is 5.60. The summed E-state index contributed by atoms with van der Waals surface area (Å²) in [7, 11) is 0. The Morgan fingerprint density at radius 2 is 1.84 bits per heavy atom. The molecule has 5 nitrogen and oxygen atoms in total. The number of pyridine rings is 1. The molecule has 0 atom stereocenters. The van der Waals surface area contributed by atoms with Gasteiger partial charge in [-0.2, -0.15) is 22.0 Å². The van der Waals surface area contributed by atoms with Crippen molar-refractivity contribution in [2.75, 3.05) is 6.54 Å². The molecule has 11 heteroatoms. The molecule has 31 heavy (non-hydrogen) atoms. The number of carbonyl (C=O) groups is 1. The maximum absolute atomic E-state index is 13.9. The van der Waals surface area contributed by atoms with E-state index in [2.05, 4.69) is 20.4 Å². The smallest absolute Gasteiger partial charge is 0.401 e. The predicted octanol–water partition coefficient (Wildman–Crippen LogP) is 4.17. The zero-order valence-corrected chi connectivity index (χ0v) is 16.1. The first kappa shape index (κ1) is 21.7. The predicted molar refractivity (Wildman–Crippen MR) is 98.3 cm³/mol. The van der Waals surface area contributed by atoms with Gasteiger partial charge in [-0.25, -0.2) is 4.39 Å². The second-order valence-electron chi connectivity index (χ2n) is 8.26. The fourth-order valence-corrected chi connectivity index (χ4v) is 4.52. The highest BCUT2D eigenvalue weighted by atomic mass is 19.4. The van der Waals surface area contributed by atoms with Crippen molar-refractivity contribution in [3.05, 3.63) is 35.8 Å². The summed E-state index contributed by atoms with van der Waals surface area (Å²) in [6.45, 7) is -4.17. The quantitative estimate of drug-likeness (QED) is 0.653. The monoisotopic (exact) mass is 447 g/mol. The van der Waals surface area contributed by atoms with Crippen molar-refractivity contribution in [1.29, 1.82) is 0 Å². The molecule has 1 aromatic carbocycles. The van der Waals surface area contributed by atoms with Crippen LogP contribution in [0.5, 0.6) is 5.75 Å². The van der Waals surface area contributed by atoms with Crippen LogP contribution in [0.3, 0.4) is 0 Å². The van der Waals surface area contributed by atoms with Gasteiger partial charge in [0.1, 0.15) is 0 Å². The molecule has 1 aromatic heterocycles. The SMILES string of the molecule is O=C(NC1CC2(CC(NCC(F)(F)F)C2)C1)c1cnc2cc(OC(F)F)c(F)cc2c1. The van der Waals surface area contributed by atoms with Gasteiger partial charge >= 0.3 is 12.8 Å². The lowest BCUT2D eigenvalue weighted by atomic mass is 9.52. The van der Waals surface area contributed by atoms with Crippen LogP contribution in [0.4, 0.5) is 26.3 Å². The van der Waals surface area contributed by atoms with Crippen LogP contribution in [0, 0.1) is 11.2 Å². The van der Waals surface area contributed by atoms with E-state index in [9.17, 15) is 31.1 Å². The second kappa shape index (κ2) is 7.85. The summed E-state index contributed by atoms with van der Waals surface area (Å²) in [6, 6.07) is 3.16. The number of nitrogens with one attached hydrogen (secondary N) is 2. The minimum atomic E-state index is -4.23.